The van der Waals surface area contributed by atoms with Gasteiger partial charge in [-0.15, -0.1) is 0 Å². The van der Waals surface area contributed by atoms with Crippen LogP contribution in [0.4, 0.5) is 4.39 Å². The van der Waals surface area contributed by atoms with Gasteiger partial charge in [0.25, 0.3) is 0 Å². The molecule has 0 aliphatic rings. The summed E-state index contributed by atoms with van der Waals surface area (Å²) >= 11 is 11.6. The molecular weight excluding hydrogens is 234 g/mol. The molecule has 0 saturated carbocycles. The molecule has 0 N–H and O–H groups in total. The van der Waals surface area contributed by atoms with Crippen LogP contribution in [0.15, 0.2) is 42.5 Å². The average Bonchev–Trinajstić information content (AvgIpc) is 2.20. The van der Waals surface area contributed by atoms with Crippen molar-refractivity contribution in [3.8, 4) is 11.1 Å². The van der Waals surface area contributed by atoms with Crippen LogP contribution in [0.1, 0.15) is 0 Å². The normalized spacial score (nSPS) is 10.3. The summed E-state index contributed by atoms with van der Waals surface area (Å²) in [7, 11) is 0. The zero-order chi connectivity index (χ0) is 10.8. The Morgan fingerprint density at radius 1 is 0.867 bits per heavy atom. The Bertz CT molecular complexity index is 495. The number of rotatable bonds is 1. The van der Waals surface area contributed by atoms with Crippen molar-refractivity contribution in [1.29, 1.82) is 0 Å². The molecule has 0 nitrogen and oxygen atoms in total. The van der Waals surface area contributed by atoms with E-state index in [4.69, 9.17) is 23.2 Å². The maximum absolute atomic E-state index is 13.6. The Kier molecular flexibility index (Phi) is 2.94. The van der Waals surface area contributed by atoms with E-state index in [9.17, 15) is 4.39 Å². The molecule has 0 unspecified atom stereocenters. The molecule has 0 fully saturated rings. The maximum Gasteiger partial charge on any atom is 0.132 e. The molecule has 2 rings (SSSR count). The van der Waals surface area contributed by atoms with Crippen molar-refractivity contribution < 1.29 is 4.39 Å². The number of hydrogen-bond donors (Lipinski definition) is 0. The van der Waals surface area contributed by atoms with Crippen LogP contribution in [0.3, 0.4) is 0 Å². The Labute approximate surface area is 97.3 Å². The Hall–Kier alpha value is -1.05. The van der Waals surface area contributed by atoms with E-state index in [2.05, 4.69) is 0 Å². The molecule has 0 radical (unpaired) electrons. The molecule has 2 aromatic rings. The van der Waals surface area contributed by atoms with Gasteiger partial charge in [-0.3, -0.25) is 0 Å². The first-order valence-electron chi connectivity index (χ1n) is 4.38. The molecule has 0 aliphatic carbocycles. The van der Waals surface area contributed by atoms with Gasteiger partial charge in [-0.2, -0.15) is 0 Å². The molecule has 0 bridgehead atoms. The van der Waals surface area contributed by atoms with Crippen LogP contribution in [-0.2, 0) is 0 Å². The third-order valence-corrected chi connectivity index (χ3v) is 2.66. The summed E-state index contributed by atoms with van der Waals surface area (Å²) in [4.78, 5) is 0. The SMILES string of the molecule is Fc1cc(Cl)ccc1-c1ccccc1Cl. The lowest BCUT2D eigenvalue weighted by Crippen LogP contribution is -1.84. The minimum atomic E-state index is -0.365. The van der Waals surface area contributed by atoms with Gasteiger partial charge in [0.05, 0.1) is 0 Å². The highest BCUT2D eigenvalue weighted by Crippen LogP contribution is 2.30. The van der Waals surface area contributed by atoms with E-state index in [1.165, 1.54) is 6.07 Å². The summed E-state index contributed by atoms with van der Waals surface area (Å²) in [5, 5.41) is 0.905. The minimum absolute atomic E-state index is 0.365. The van der Waals surface area contributed by atoms with Gasteiger partial charge < -0.3 is 0 Å². The lowest BCUT2D eigenvalue weighted by molar-refractivity contribution is 0.631. The number of hydrogen-bond acceptors (Lipinski definition) is 0. The molecule has 76 valence electrons. The van der Waals surface area contributed by atoms with E-state index < -0.39 is 0 Å². The van der Waals surface area contributed by atoms with Gasteiger partial charge in [-0.25, -0.2) is 4.39 Å². The third-order valence-electron chi connectivity index (χ3n) is 2.10. The highest BCUT2D eigenvalue weighted by atomic mass is 35.5. The second kappa shape index (κ2) is 4.21. The minimum Gasteiger partial charge on any atom is -0.206 e. The van der Waals surface area contributed by atoms with Gasteiger partial charge in [0.1, 0.15) is 5.82 Å². The van der Waals surface area contributed by atoms with E-state index in [-0.39, 0.29) is 5.82 Å². The smallest absolute Gasteiger partial charge is 0.132 e. The molecule has 0 spiro atoms. The van der Waals surface area contributed by atoms with Crippen LogP contribution in [0.25, 0.3) is 11.1 Å². The lowest BCUT2D eigenvalue weighted by atomic mass is 10.1. The molecule has 0 saturated heterocycles. The van der Waals surface area contributed by atoms with Crippen molar-refractivity contribution in [1.82, 2.24) is 0 Å². The van der Waals surface area contributed by atoms with E-state index >= 15 is 0 Å². The molecule has 15 heavy (non-hydrogen) atoms. The fourth-order valence-corrected chi connectivity index (χ4v) is 1.78. The molecule has 0 amide bonds. The van der Waals surface area contributed by atoms with E-state index in [1.807, 2.05) is 6.07 Å². The standard InChI is InChI=1S/C12H7Cl2F/c13-8-5-6-10(12(15)7-8)9-3-1-2-4-11(9)14/h1-7H. The van der Waals surface area contributed by atoms with Gasteiger partial charge >= 0.3 is 0 Å². The first kappa shape index (κ1) is 10.5. The van der Waals surface area contributed by atoms with Crippen molar-refractivity contribution >= 4 is 23.2 Å². The zero-order valence-corrected chi connectivity index (χ0v) is 9.19. The molecule has 3 heteroatoms. The van der Waals surface area contributed by atoms with Crippen molar-refractivity contribution in [2.75, 3.05) is 0 Å². The quantitative estimate of drug-likeness (QED) is 0.672. The summed E-state index contributed by atoms with van der Waals surface area (Å²) in [6.07, 6.45) is 0. The Balaban J connectivity index is 2.60. The fraction of sp³-hybridized carbons (Fsp3) is 0. The first-order valence-corrected chi connectivity index (χ1v) is 5.14. The second-order valence-corrected chi connectivity index (χ2v) is 3.95. The molecular formula is C12H7Cl2F. The van der Waals surface area contributed by atoms with Gasteiger partial charge in [0.15, 0.2) is 0 Å². The van der Waals surface area contributed by atoms with Crippen LogP contribution in [0.2, 0.25) is 10.0 Å². The molecule has 0 atom stereocenters. The Morgan fingerprint density at radius 2 is 1.60 bits per heavy atom. The topological polar surface area (TPSA) is 0 Å². The van der Waals surface area contributed by atoms with Gasteiger partial charge in [0, 0.05) is 21.2 Å². The third kappa shape index (κ3) is 2.14. The summed E-state index contributed by atoms with van der Waals surface area (Å²) < 4.78 is 13.6. The molecule has 2 aromatic carbocycles. The van der Waals surface area contributed by atoms with Gasteiger partial charge in [0.2, 0.25) is 0 Å². The Morgan fingerprint density at radius 3 is 2.27 bits per heavy atom. The van der Waals surface area contributed by atoms with Crippen molar-refractivity contribution in [3.63, 3.8) is 0 Å². The van der Waals surface area contributed by atoms with E-state index in [0.29, 0.717) is 21.2 Å². The summed E-state index contributed by atoms with van der Waals surface area (Å²) in [5.74, 6) is -0.365. The summed E-state index contributed by atoms with van der Waals surface area (Å²) in [6.45, 7) is 0. The lowest BCUT2D eigenvalue weighted by Gasteiger charge is -2.05. The van der Waals surface area contributed by atoms with Crippen LogP contribution in [-0.4, -0.2) is 0 Å². The molecule has 0 aromatic heterocycles. The first-order chi connectivity index (χ1) is 7.18. The van der Waals surface area contributed by atoms with E-state index in [1.54, 1.807) is 30.3 Å². The zero-order valence-electron chi connectivity index (χ0n) is 7.68. The van der Waals surface area contributed by atoms with Gasteiger partial charge in [-0.05, 0) is 24.3 Å². The van der Waals surface area contributed by atoms with Crippen molar-refractivity contribution in [3.05, 3.63) is 58.3 Å². The van der Waals surface area contributed by atoms with Crippen LogP contribution < -0.4 is 0 Å². The molecule has 0 heterocycles. The predicted octanol–water partition coefficient (Wildman–Crippen LogP) is 4.80. The van der Waals surface area contributed by atoms with Gasteiger partial charge in [-0.1, -0.05) is 41.4 Å². The largest absolute Gasteiger partial charge is 0.206 e. The fourth-order valence-electron chi connectivity index (χ4n) is 1.39. The monoisotopic (exact) mass is 240 g/mol. The average molecular weight is 241 g/mol. The summed E-state index contributed by atoms with van der Waals surface area (Å²) in [6, 6.07) is 11.7. The number of benzene rings is 2. The second-order valence-electron chi connectivity index (χ2n) is 3.10. The molecule has 0 aliphatic heterocycles. The van der Waals surface area contributed by atoms with Crippen molar-refractivity contribution in [2.24, 2.45) is 0 Å². The van der Waals surface area contributed by atoms with Crippen molar-refractivity contribution in [2.45, 2.75) is 0 Å². The van der Waals surface area contributed by atoms with E-state index in [0.717, 1.165) is 0 Å². The highest BCUT2D eigenvalue weighted by Gasteiger charge is 2.08. The summed E-state index contributed by atoms with van der Waals surface area (Å²) in [5.41, 5.74) is 1.14. The number of halogens is 3. The van der Waals surface area contributed by atoms with Crippen LogP contribution in [0.5, 0.6) is 0 Å². The van der Waals surface area contributed by atoms with Crippen LogP contribution >= 0.6 is 23.2 Å². The predicted molar refractivity (Wildman–Crippen MR) is 61.9 cm³/mol. The highest BCUT2D eigenvalue weighted by molar-refractivity contribution is 6.33. The van der Waals surface area contributed by atoms with Crippen LogP contribution in [0, 0.1) is 5.82 Å². The maximum atomic E-state index is 13.6.